The van der Waals surface area contributed by atoms with Gasteiger partial charge in [0.25, 0.3) is 5.91 Å². The molecule has 2 rings (SSSR count). The minimum absolute atomic E-state index is 0.0632. The van der Waals surface area contributed by atoms with Crippen molar-refractivity contribution in [1.29, 1.82) is 0 Å². The van der Waals surface area contributed by atoms with Crippen molar-refractivity contribution in [2.45, 2.75) is 6.92 Å². The Bertz CT molecular complexity index is 612. The Morgan fingerprint density at radius 2 is 2.06 bits per heavy atom. The third-order valence-corrected chi connectivity index (χ3v) is 2.71. The van der Waals surface area contributed by atoms with Crippen LogP contribution < -0.4 is 0 Å². The average Bonchev–Trinajstić information content (AvgIpc) is 2.34. The van der Waals surface area contributed by atoms with E-state index in [1.807, 2.05) is 13.0 Å². The molecule has 0 fully saturated rings. The van der Waals surface area contributed by atoms with E-state index < -0.39 is 0 Å². The zero-order chi connectivity index (χ0) is 13.1. The van der Waals surface area contributed by atoms with E-state index in [2.05, 4.69) is 4.99 Å². The molecule has 0 N–H and O–H groups in total. The number of aryl methyl sites for hydroxylation is 1. The van der Waals surface area contributed by atoms with Gasteiger partial charge < -0.3 is 0 Å². The Labute approximate surface area is 109 Å². The van der Waals surface area contributed by atoms with Crippen LogP contribution in [0.25, 0.3) is 0 Å². The van der Waals surface area contributed by atoms with E-state index in [1.165, 1.54) is 18.2 Å². The lowest BCUT2D eigenvalue weighted by molar-refractivity contribution is -0.110. The first kappa shape index (κ1) is 12.5. The topological polar surface area (TPSA) is 46.5 Å². The van der Waals surface area contributed by atoms with E-state index in [-0.39, 0.29) is 16.7 Å². The Morgan fingerprint density at radius 1 is 1.28 bits per heavy atom. The normalized spacial score (nSPS) is 16.9. The molecule has 0 saturated heterocycles. The van der Waals surface area contributed by atoms with Crippen LogP contribution in [0.1, 0.15) is 15.9 Å². The third-order valence-electron chi connectivity index (χ3n) is 2.41. The van der Waals surface area contributed by atoms with Crippen LogP contribution in [0.3, 0.4) is 0 Å². The van der Waals surface area contributed by atoms with Crippen LogP contribution in [0, 0.1) is 6.92 Å². The van der Waals surface area contributed by atoms with Crippen molar-refractivity contribution < 1.29 is 9.59 Å². The number of nitrogens with zero attached hydrogens (tertiary/aromatic N) is 1. The highest BCUT2D eigenvalue weighted by Crippen LogP contribution is 2.11. The highest BCUT2D eigenvalue weighted by Gasteiger charge is 2.11. The monoisotopic (exact) mass is 259 g/mol. The Hall–Kier alpha value is -2.00. The zero-order valence-corrected chi connectivity index (χ0v) is 10.4. The average molecular weight is 260 g/mol. The van der Waals surface area contributed by atoms with E-state index in [0.29, 0.717) is 11.3 Å². The standard InChI is InChI=1S/C14H10ClNO2/c1-9-3-2-4-10(7-9)14(18)16-11-5-6-13(17)12(15)8-11/h2-8H,1H3. The van der Waals surface area contributed by atoms with E-state index >= 15 is 0 Å². The summed E-state index contributed by atoms with van der Waals surface area (Å²) in [5.74, 6) is -0.632. The van der Waals surface area contributed by atoms with Gasteiger partial charge in [0.2, 0.25) is 0 Å². The molecule has 3 nitrogen and oxygen atoms in total. The van der Waals surface area contributed by atoms with Crippen molar-refractivity contribution >= 4 is 29.0 Å². The van der Waals surface area contributed by atoms with Gasteiger partial charge in [-0.25, -0.2) is 4.99 Å². The van der Waals surface area contributed by atoms with Crippen LogP contribution >= 0.6 is 11.6 Å². The molecule has 90 valence electrons. The van der Waals surface area contributed by atoms with Crippen LogP contribution in [0.5, 0.6) is 0 Å². The van der Waals surface area contributed by atoms with Gasteiger partial charge in [-0.1, -0.05) is 29.3 Å². The number of allylic oxidation sites excluding steroid dienone is 4. The lowest BCUT2D eigenvalue weighted by Crippen LogP contribution is -2.06. The summed E-state index contributed by atoms with van der Waals surface area (Å²) in [6.45, 7) is 1.90. The molecule has 1 aromatic rings. The first-order valence-electron chi connectivity index (χ1n) is 5.35. The second kappa shape index (κ2) is 5.10. The van der Waals surface area contributed by atoms with Crippen LogP contribution in [0.4, 0.5) is 0 Å². The molecule has 0 heterocycles. The van der Waals surface area contributed by atoms with Gasteiger partial charge in [-0.3, -0.25) is 9.59 Å². The summed E-state index contributed by atoms with van der Waals surface area (Å²) in [6.07, 6.45) is 4.16. The van der Waals surface area contributed by atoms with E-state index in [1.54, 1.807) is 18.2 Å². The number of hydrogen-bond acceptors (Lipinski definition) is 2. The summed E-state index contributed by atoms with van der Waals surface area (Å²) in [5.41, 5.74) is 1.88. The van der Waals surface area contributed by atoms with Gasteiger partial charge in [-0.15, -0.1) is 0 Å². The Morgan fingerprint density at radius 3 is 2.72 bits per heavy atom. The van der Waals surface area contributed by atoms with Crippen molar-refractivity contribution in [3.05, 3.63) is 58.7 Å². The number of ketones is 1. The number of hydrogen-bond donors (Lipinski definition) is 0. The van der Waals surface area contributed by atoms with Gasteiger partial charge in [0.15, 0.2) is 5.78 Å². The lowest BCUT2D eigenvalue weighted by Gasteiger charge is -2.02. The highest BCUT2D eigenvalue weighted by atomic mass is 35.5. The Balaban J connectivity index is 2.27. The van der Waals surface area contributed by atoms with E-state index in [4.69, 9.17) is 11.6 Å². The smallest absolute Gasteiger partial charge is 0.277 e. The maximum atomic E-state index is 11.9. The molecule has 4 heteroatoms. The molecule has 1 amide bonds. The molecule has 0 atom stereocenters. The third kappa shape index (κ3) is 2.81. The first-order chi connectivity index (χ1) is 8.56. The van der Waals surface area contributed by atoms with E-state index in [9.17, 15) is 9.59 Å². The molecule has 0 unspecified atom stereocenters. The van der Waals surface area contributed by atoms with Crippen molar-refractivity contribution in [3.8, 4) is 0 Å². The molecule has 1 aliphatic carbocycles. The van der Waals surface area contributed by atoms with Crippen molar-refractivity contribution in [1.82, 2.24) is 0 Å². The minimum Gasteiger partial charge on any atom is -0.288 e. The number of aliphatic imine (C=N–C) groups is 1. The maximum absolute atomic E-state index is 11.9. The predicted octanol–water partition coefficient (Wildman–Crippen LogP) is 2.84. The zero-order valence-electron chi connectivity index (χ0n) is 9.68. The lowest BCUT2D eigenvalue weighted by atomic mass is 10.1. The summed E-state index contributed by atoms with van der Waals surface area (Å²) < 4.78 is 0. The molecular formula is C14H10ClNO2. The number of benzene rings is 1. The maximum Gasteiger partial charge on any atom is 0.277 e. The first-order valence-corrected chi connectivity index (χ1v) is 5.73. The number of amides is 1. The number of halogens is 1. The fraction of sp³-hybridized carbons (Fsp3) is 0.0714. The minimum atomic E-state index is -0.353. The molecule has 18 heavy (non-hydrogen) atoms. The van der Waals surface area contributed by atoms with Crippen LogP contribution in [-0.2, 0) is 4.79 Å². The molecule has 1 aliphatic rings. The number of rotatable bonds is 1. The van der Waals surface area contributed by atoms with E-state index in [0.717, 1.165) is 5.56 Å². The molecular weight excluding hydrogens is 250 g/mol. The fourth-order valence-corrected chi connectivity index (χ4v) is 1.69. The molecule has 0 bridgehead atoms. The van der Waals surface area contributed by atoms with Gasteiger partial charge in [-0.05, 0) is 37.3 Å². The van der Waals surface area contributed by atoms with Gasteiger partial charge >= 0.3 is 0 Å². The number of carbonyl (C=O) groups is 2. The second-order valence-corrected chi connectivity index (χ2v) is 4.31. The molecule has 0 saturated carbocycles. The van der Waals surface area contributed by atoms with Gasteiger partial charge in [0.1, 0.15) is 0 Å². The van der Waals surface area contributed by atoms with Gasteiger partial charge in [0.05, 0.1) is 10.7 Å². The Kier molecular flexibility index (Phi) is 3.53. The molecule has 0 aromatic heterocycles. The second-order valence-electron chi connectivity index (χ2n) is 3.90. The predicted molar refractivity (Wildman–Crippen MR) is 71.0 cm³/mol. The summed E-state index contributed by atoms with van der Waals surface area (Å²) in [6, 6.07) is 7.16. The quantitative estimate of drug-likeness (QED) is 0.728. The number of carbonyl (C=O) groups excluding carboxylic acids is 2. The van der Waals surface area contributed by atoms with Crippen LogP contribution in [0.2, 0.25) is 0 Å². The fourth-order valence-electron chi connectivity index (χ4n) is 1.52. The largest absolute Gasteiger partial charge is 0.288 e. The van der Waals surface area contributed by atoms with Gasteiger partial charge in [-0.2, -0.15) is 0 Å². The van der Waals surface area contributed by atoms with Gasteiger partial charge in [0, 0.05) is 5.56 Å². The molecule has 0 aliphatic heterocycles. The van der Waals surface area contributed by atoms with Crippen molar-refractivity contribution in [3.63, 3.8) is 0 Å². The summed E-state index contributed by atoms with van der Waals surface area (Å²) in [4.78, 5) is 26.9. The van der Waals surface area contributed by atoms with Crippen molar-refractivity contribution in [2.75, 3.05) is 0 Å². The van der Waals surface area contributed by atoms with Crippen molar-refractivity contribution in [2.24, 2.45) is 4.99 Å². The SMILES string of the molecule is Cc1cccc(C(=O)N=C2C=CC(=O)C(Cl)=C2)c1. The van der Waals surface area contributed by atoms with Crippen LogP contribution in [0.15, 0.2) is 52.5 Å². The molecule has 0 radical (unpaired) electrons. The highest BCUT2D eigenvalue weighted by molar-refractivity contribution is 6.47. The van der Waals surface area contributed by atoms with Crippen LogP contribution in [-0.4, -0.2) is 17.4 Å². The molecule has 0 spiro atoms. The summed E-state index contributed by atoms with van der Waals surface area (Å²) in [5, 5.41) is 0.0632. The summed E-state index contributed by atoms with van der Waals surface area (Å²) >= 11 is 5.68. The summed E-state index contributed by atoms with van der Waals surface area (Å²) in [7, 11) is 0. The molecule has 1 aromatic carbocycles.